The van der Waals surface area contributed by atoms with Gasteiger partial charge in [0.2, 0.25) is 5.88 Å². The summed E-state index contributed by atoms with van der Waals surface area (Å²) in [6, 6.07) is 3.98. The second kappa shape index (κ2) is 14.2. The van der Waals surface area contributed by atoms with Gasteiger partial charge in [-0.05, 0) is 38.7 Å². The monoisotopic (exact) mass is 406 g/mol. The second-order valence-corrected chi connectivity index (χ2v) is 7.24. The van der Waals surface area contributed by atoms with Gasteiger partial charge in [-0.3, -0.25) is 0 Å². The van der Waals surface area contributed by atoms with E-state index >= 15 is 0 Å². The lowest BCUT2D eigenvalue weighted by Gasteiger charge is -2.34. The number of hydrogen-bond acceptors (Lipinski definition) is 5. The van der Waals surface area contributed by atoms with Crippen molar-refractivity contribution in [1.82, 2.24) is 15.2 Å². The lowest BCUT2D eigenvalue weighted by Crippen LogP contribution is -2.47. The second-order valence-electron chi connectivity index (χ2n) is 7.24. The molecular formula is C22H38N4O3. The molecule has 2 heterocycles. The van der Waals surface area contributed by atoms with Crippen LogP contribution in [0.2, 0.25) is 0 Å². The van der Waals surface area contributed by atoms with Gasteiger partial charge < -0.3 is 24.4 Å². The number of rotatable bonds is 12. The summed E-state index contributed by atoms with van der Waals surface area (Å²) in [6.07, 6.45) is 7.25. The molecule has 1 aromatic rings. The fourth-order valence-electron chi connectivity index (χ4n) is 3.26. The van der Waals surface area contributed by atoms with Crippen molar-refractivity contribution < 1.29 is 14.2 Å². The summed E-state index contributed by atoms with van der Waals surface area (Å²) in [4.78, 5) is 11.6. The van der Waals surface area contributed by atoms with Crippen LogP contribution in [0.5, 0.6) is 5.88 Å². The highest BCUT2D eigenvalue weighted by atomic mass is 16.5. The van der Waals surface area contributed by atoms with E-state index in [1.807, 2.05) is 12.1 Å². The smallest absolute Gasteiger partial charge is 0.218 e. The predicted octanol–water partition coefficient (Wildman–Crippen LogP) is 3.24. The molecule has 0 aromatic carbocycles. The summed E-state index contributed by atoms with van der Waals surface area (Å²) >= 11 is 0. The Bertz CT molecular complexity index is 589. The highest BCUT2D eigenvalue weighted by Gasteiger charge is 2.22. The van der Waals surface area contributed by atoms with Crippen LogP contribution in [0.1, 0.15) is 51.5 Å². The molecule has 0 amide bonds. The molecule has 2 rings (SSSR count). The van der Waals surface area contributed by atoms with E-state index in [2.05, 4.69) is 29.0 Å². The molecule has 0 atom stereocenters. The molecule has 0 radical (unpaired) electrons. The largest absolute Gasteiger partial charge is 0.477 e. The number of likely N-dealkylation sites (tertiary alicyclic amines) is 1. The van der Waals surface area contributed by atoms with Crippen LogP contribution in [0.3, 0.4) is 0 Å². The van der Waals surface area contributed by atoms with Crippen LogP contribution < -0.4 is 10.1 Å². The normalized spacial score (nSPS) is 15.6. The minimum atomic E-state index is 0.336. The third-order valence-corrected chi connectivity index (χ3v) is 4.91. The van der Waals surface area contributed by atoms with Gasteiger partial charge in [-0.1, -0.05) is 19.4 Å². The molecule has 1 N–H and O–H groups in total. The van der Waals surface area contributed by atoms with Crippen LogP contribution in [-0.2, 0) is 16.0 Å². The molecule has 7 heteroatoms. The Labute approximate surface area is 175 Å². The Morgan fingerprint density at radius 2 is 2.03 bits per heavy atom. The number of ether oxygens (including phenoxy) is 3. The summed E-state index contributed by atoms with van der Waals surface area (Å²) in [6.45, 7) is 9.80. The van der Waals surface area contributed by atoms with Gasteiger partial charge >= 0.3 is 0 Å². The van der Waals surface area contributed by atoms with Crippen molar-refractivity contribution in [3.05, 3.63) is 23.9 Å². The zero-order chi connectivity index (χ0) is 20.7. The lowest BCUT2D eigenvalue weighted by molar-refractivity contribution is 0.00990. The summed E-state index contributed by atoms with van der Waals surface area (Å²) in [5, 5.41) is 3.43. The fourth-order valence-corrected chi connectivity index (χ4v) is 3.26. The van der Waals surface area contributed by atoms with Crippen LogP contribution in [0.15, 0.2) is 23.3 Å². The van der Waals surface area contributed by atoms with Gasteiger partial charge in [0, 0.05) is 51.7 Å². The molecule has 1 aromatic heterocycles. The SMILES string of the molecule is CCCCOc1ncccc1CN=C(NCC)N1CCC(OCCCOC)CC1. The maximum absolute atomic E-state index is 5.97. The molecule has 0 saturated carbocycles. The van der Waals surface area contributed by atoms with Crippen LogP contribution in [0.25, 0.3) is 0 Å². The maximum atomic E-state index is 5.97. The summed E-state index contributed by atoms with van der Waals surface area (Å²) < 4.78 is 16.9. The van der Waals surface area contributed by atoms with E-state index < -0.39 is 0 Å². The minimum Gasteiger partial charge on any atom is -0.477 e. The van der Waals surface area contributed by atoms with E-state index in [1.54, 1.807) is 13.3 Å². The van der Waals surface area contributed by atoms with E-state index in [-0.39, 0.29) is 0 Å². The summed E-state index contributed by atoms with van der Waals surface area (Å²) in [5.74, 6) is 1.65. The van der Waals surface area contributed by atoms with Crippen molar-refractivity contribution in [1.29, 1.82) is 0 Å². The summed E-state index contributed by atoms with van der Waals surface area (Å²) in [5.41, 5.74) is 1.02. The van der Waals surface area contributed by atoms with Crippen LogP contribution >= 0.6 is 0 Å². The number of aromatic nitrogens is 1. The van der Waals surface area contributed by atoms with Gasteiger partial charge in [0.05, 0.1) is 19.3 Å². The standard InChI is InChI=1S/C22H38N4O3/c1-4-6-16-29-21-19(9-7-12-24-21)18-25-22(23-5-2)26-13-10-20(11-14-26)28-17-8-15-27-3/h7,9,12,20H,4-6,8,10-11,13-18H2,1-3H3,(H,23,25). The minimum absolute atomic E-state index is 0.336. The molecule has 1 saturated heterocycles. The Hall–Kier alpha value is -1.86. The van der Waals surface area contributed by atoms with Crippen molar-refractivity contribution in [2.45, 2.75) is 58.6 Å². The molecule has 0 unspecified atom stereocenters. The van der Waals surface area contributed by atoms with Crippen LogP contribution in [0, 0.1) is 0 Å². The molecule has 29 heavy (non-hydrogen) atoms. The number of piperidine rings is 1. The van der Waals surface area contributed by atoms with E-state index in [0.29, 0.717) is 25.1 Å². The molecule has 0 aliphatic carbocycles. The fraction of sp³-hybridized carbons (Fsp3) is 0.727. The lowest BCUT2D eigenvalue weighted by atomic mass is 10.1. The molecule has 1 fully saturated rings. The number of unbranched alkanes of at least 4 members (excludes halogenated alkanes) is 1. The third-order valence-electron chi connectivity index (χ3n) is 4.91. The number of aliphatic imine (C=N–C) groups is 1. The Morgan fingerprint density at radius 1 is 1.21 bits per heavy atom. The Morgan fingerprint density at radius 3 is 2.76 bits per heavy atom. The first kappa shape index (κ1) is 23.4. The van der Waals surface area contributed by atoms with Crippen molar-refractivity contribution in [3.63, 3.8) is 0 Å². The quantitative estimate of drug-likeness (QED) is 0.326. The average molecular weight is 407 g/mol. The Balaban J connectivity index is 1.89. The Kier molecular flexibility index (Phi) is 11.4. The molecule has 0 spiro atoms. The van der Waals surface area contributed by atoms with Crippen molar-refractivity contribution >= 4 is 5.96 Å². The maximum Gasteiger partial charge on any atom is 0.218 e. The number of pyridine rings is 1. The first-order chi connectivity index (χ1) is 14.3. The molecule has 1 aliphatic rings. The van der Waals surface area contributed by atoms with Crippen LogP contribution in [-0.4, -0.2) is 68.5 Å². The highest BCUT2D eigenvalue weighted by molar-refractivity contribution is 5.80. The van der Waals surface area contributed by atoms with Gasteiger partial charge in [-0.25, -0.2) is 9.98 Å². The molecule has 7 nitrogen and oxygen atoms in total. The zero-order valence-electron chi connectivity index (χ0n) is 18.4. The van der Waals surface area contributed by atoms with Crippen molar-refractivity contribution in [2.75, 3.05) is 46.6 Å². The van der Waals surface area contributed by atoms with Gasteiger partial charge in [0.1, 0.15) is 0 Å². The van der Waals surface area contributed by atoms with Gasteiger partial charge in [-0.15, -0.1) is 0 Å². The van der Waals surface area contributed by atoms with Crippen molar-refractivity contribution in [3.8, 4) is 5.88 Å². The first-order valence-electron chi connectivity index (χ1n) is 11.0. The van der Waals surface area contributed by atoms with Crippen molar-refractivity contribution in [2.24, 2.45) is 4.99 Å². The first-order valence-corrected chi connectivity index (χ1v) is 11.0. The number of guanidine groups is 1. The molecule has 0 bridgehead atoms. The number of methoxy groups -OCH3 is 1. The van der Waals surface area contributed by atoms with Gasteiger partial charge in [0.25, 0.3) is 0 Å². The van der Waals surface area contributed by atoms with E-state index in [9.17, 15) is 0 Å². The summed E-state index contributed by atoms with van der Waals surface area (Å²) in [7, 11) is 1.73. The third kappa shape index (κ3) is 8.58. The van der Waals surface area contributed by atoms with Gasteiger partial charge in [0.15, 0.2) is 5.96 Å². The highest BCUT2D eigenvalue weighted by Crippen LogP contribution is 2.18. The average Bonchev–Trinajstić information content (AvgIpc) is 2.76. The number of hydrogen-bond donors (Lipinski definition) is 1. The number of nitrogens with zero attached hydrogens (tertiary/aromatic N) is 3. The predicted molar refractivity (Wildman–Crippen MR) is 116 cm³/mol. The van der Waals surface area contributed by atoms with E-state index in [0.717, 1.165) is 76.5 Å². The molecular weight excluding hydrogens is 368 g/mol. The topological polar surface area (TPSA) is 68.2 Å². The molecule has 1 aliphatic heterocycles. The van der Waals surface area contributed by atoms with Gasteiger partial charge in [-0.2, -0.15) is 0 Å². The van der Waals surface area contributed by atoms with Crippen LogP contribution in [0.4, 0.5) is 0 Å². The number of nitrogens with one attached hydrogen (secondary N) is 1. The van der Waals surface area contributed by atoms with E-state index in [1.165, 1.54) is 0 Å². The molecule has 164 valence electrons. The zero-order valence-corrected chi connectivity index (χ0v) is 18.4. The van der Waals surface area contributed by atoms with E-state index in [4.69, 9.17) is 19.2 Å².